The molecule has 2 heterocycles. The van der Waals surface area contributed by atoms with Crippen molar-refractivity contribution in [1.29, 1.82) is 0 Å². The van der Waals surface area contributed by atoms with Crippen LogP contribution in [0.3, 0.4) is 0 Å². The van der Waals surface area contributed by atoms with Crippen LogP contribution >= 0.6 is 0 Å². The first-order valence-corrected chi connectivity index (χ1v) is 12.3. The quantitative estimate of drug-likeness (QED) is 0.476. The van der Waals surface area contributed by atoms with E-state index >= 15 is 0 Å². The number of hydrogen-bond donors (Lipinski definition) is 2. The van der Waals surface area contributed by atoms with Crippen LogP contribution in [0, 0.1) is 0 Å². The third-order valence-electron chi connectivity index (χ3n) is 6.49. The first kappa shape index (κ1) is 25.2. The third-order valence-corrected chi connectivity index (χ3v) is 6.49. The summed E-state index contributed by atoms with van der Waals surface area (Å²) in [5.74, 6) is -1.29. The minimum absolute atomic E-state index is 0.0355. The van der Waals surface area contributed by atoms with Crippen LogP contribution in [0.2, 0.25) is 0 Å². The highest BCUT2D eigenvalue weighted by atomic mass is 16.2. The summed E-state index contributed by atoms with van der Waals surface area (Å²) in [5.41, 5.74) is 4.16. The highest BCUT2D eigenvalue weighted by Crippen LogP contribution is 2.25. The molecule has 1 aliphatic heterocycles. The van der Waals surface area contributed by atoms with Gasteiger partial charge in [-0.05, 0) is 42.0 Å². The summed E-state index contributed by atoms with van der Waals surface area (Å²) in [6.45, 7) is 4.07. The number of hydrogen-bond acceptors (Lipinski definition) is 6. The Hall–Kier alpha value is -3.91. The number of nitrogens with one attached hydrogen (secondary N) is 2. The average molecular weight is 487 g/mol. The Morgan fingerprint density at radius 2 is 1.53 bits per heavy atom. The molecule has 0 spiro atoms. The molecule has 4 rings (SSSR count). The van der Waals surface area contributed by atoms with Crippen LogP contribution in [0.1, 0.15) is 17.3 Å². The first-order valence-electron chi connectivity index (χ1n) is 12.3. The van der Waals surface area contributed by atoms with E-state index in [1.807, 2.05) is 32.3 Å². The molecule has 1 unspecified atom stereocenters. The van der Waals surface area contributed by atoms with Crippen molar-refractivity contribution >= 4 is 23.2 Å². The number of aromatic nitrogens is 1. The van der Waals surface area contributed by atoms with Crippen LogP contribution in [-0.2, 0) is 16.1 Å². The van der Waals surface area contributed by atoms with Gasteiger partial charge in [-0.2, -0.15) is 0 Å². The molecule has 1 aliphatic rings. The summed E-state index contributed by atoms with van der Waals surface area (Å²) in [5, 5.41) is 5.50. The Labute approximate surface area is 212 Å². The van der Waals surface area contributed by atoms with Gasteiger partial charge < -0.3 is 20.4 Å². The number of amides is 2. The lowest BCUT2D eigenvalue weighted by Gasteiger charge is -2.40. The lowest BCUT2D eigenvalue weighted by Crippen LogP contribution is -2.50. The molecule has 1 fully saturated rings. The van der Waals surface area contributed by atoms with E-state index in [1.54, 1.807) is 12.3 Å². The van der Waals surface area contributed by atoms with Gasteiger partial charge in [0.2, 0.25) is 0 Å². The minimum Gasteiger partial charge on any atom is -0.378 e. The van der Waals surface area contributed by atoms with Crippen LogP contribution in [0.4, 0.5) is 11.4 Å². The second kappa shape index (κ2) is 12.2. The number of nitrogens with zero attached hydrogens (tertiary/aromatic N) is 4. The van der Waals surface area contributed by atoms with E-state index in [-0.39, 0.29) is 12.6 Å². The number of benzene rings is 2. The van der Waals surface area contributed by atoms with Crippen LogP contribution in [-0.4, -0.2) is 68.5 Å². The normalized spacial score (nSPS) is 14.7. The van der Waals surface area contributed by atoms with Crippen molar-refractivity contribution in [3.63, 3.8) is 0 Å². The molecule has 2 amide bonds. The fourth-order valence-electron chi connectivity index (χ4n) is 4.41. The average Bonchev–Trinajstić information content (AvgIpc) is 2.93. The standard InChI is InChI=1S/C28H34N6O2/c1-32(2)24-13-11-22(12-14-24)26(34-18-16-33(17-19-34)25-9-4-3-5-10-25)21-31-28(36)27(35)30-20-23-8-6-7-15-29-23/h3-15,26H,16-21H2,1-2H3,(H,30,35)(H,31,36). The topological polar surface area (TPSA) is 80.8 Å². The molecule has 0 saturated carbocycles. The Bertz CT molecular complexity index is 1110. The van der Waals surface area contributed by atoms with Gasteiger partial charge in [-0.3, -0.25) is 19.5 Å². The number of carbonyl (C=O) groups is 2. The van der Waals surface area contributed by atoms with Crippen molar-refractivity contribution < 1.29 is 9.59 Å². The molecule has 0 aliphatic carbocycles. The van der Waals surface area contributed by atoms with Crippen LogP contribution in [0.25, 0.3) is 0 Å². The van der Waals surface area contributed by atoms with Crippen molar-refractivity contribution in [3.8, 4) is 0 Å². The summed E-state index contributed by atoms with van der Waals surface area (Å²) >= 11 is 0. The third kappa shape index (κ3) is 6.60. The minimum atomic E-state index is -0.656. The van der Waals surface area contributed by atoms with E-state index in [2.05, 4.69) is 78.8 Å². The monoisotopic (exact) mass is 486 g/mol. The number of rotatable bonds is 8. The van der Waals surface area contributed by atoms with Crippen molar-refractivity contribution in [2.75, 3.05) is 56.6 Å². The number of carbonyl (C=O) groups excluding carboxylic acids is 2. The zero-order chi connectivity index (χ0) is 25.3. The lowest BCUT2D eigenvalue weighted by atomic mass is 10.0. The van der Waals surface area contributed by atoms with Crippen molar-refractivity contribution in [2.45, 2.75) is 12.6 Å². The highest BCUT2D eigenvalue weighted by molar-refractivity contribution is 6.35. The summed E-state index contributed by atoms with van der Waals surface area (Å²) < 4.78 is 0. The van der Waals surface area contributed by atoms with Gasteiger partial charge in [0.15, 0.2) is 0 Å². The van der Waals surface area contributed by atoms with E-state index in [9.17, 15) is 9.59 Å². The van der Waals surface area contributed by atoms with Crippen molar-refractivity contribution in [3.05, 3.63) is 90.3 Å². The van der Waals surface area contributed by atoms with Crippen LogP contribution in [0.15, 0.2) is 79.0 Å². The van der Waals surface area contributed by atoms with E-state index in [0.29, 0.717) is 12.2 Å². The summed E-state index contributed by atoms with van der Waals surface area (Å²) in [7, 11) is 4.03. The Morgan fingerprint density at radius 1 is 0.861 bits per heavy atom. The van der Waals surface area contributed by atoms with Gasteiger partial charge in [-0.1, -0.05) is 36.4 Å². The predicted molar refractivity (Wildman–Crippen MR) is 143 cm³/mol. The van der Waals surface area contributed by atoms with Gasteiger partial charge in [0.25, 0.3) is 0 Å². The second-order valence-corrected chi connectivity index (χ2v) is 9.07. The fraction of sp³-hybridized carbons (Fsp3) is 0.321. The van der Waals surface area contributed by atoms with Crippen molar-refractivity contribution in [1.82, 2.24) is 20.5 Å². The Morgan fingerprint density at radius 3 is 2.17 bits per heavy atom. The summed E-state index contributed by atoms with van der Waals surface area (Å²) in [6, 6.07) is 24.2. The summed E-state index contributed by atoms with van der Waals surface area (Å²) in [4.78, 5) is 36.0. The maximum Gasteiger partial charge on any atom is 0.309 e. The van der Waals surface area contributed by atoms with Gasteiger partial charge in [0.1, 0.15) is 0 Å². The van der Waals surface area contributed by atoms with Gasteiger partial charge in [-0.15, -0.1) is 0 Å². The molecule has 1 atom stereocenters. The van der Waals surface area contributed by atoms with Gasteiger partial charge in [0.05, 0.1) is 18.3 Å². The van der Waals surface area contributed by atoms with E-state index in [1.165, 1.54) is 5.69 Å². The zero-order valence-electron chi connectivity index (χ0n) is 20.9. The number of anilines is 2. The second-order valence-electron chi connectivity index (χ2n) is 9.07. The van der Waals surface area contributed by atoms with Gasteiger partial charge in [-0.25, -0.2) is 0 Å². The molecular formula is C28H34N6O2. The molecule has 3 aromatic rings. The predicted octanol–water partition coefficient (Wildman–Crippen LogP) is 2.44. The molecule has 1 aromatic heterocycles. The maximum absolute atomic E-state index is 12.6. The van der Waals surface area contributed by atoms with Crippen LogP contribution in [0.5, 0.6) is 0 Å². The number of pyridine rings is 1. The molecule has 36 heavy (non-hydrogen) atoms. The van der Waals surface area contributed by atoms with Crippen molar-refractivity contribution in [2.24, 2.45) is 0 Å². The molecular weight excluding hydrogens is 452 g/mol. The van der Waals surface area contributed by atoms with E-state index in [0.717, 1.165) is 37.4 Å². The van der Waals surface area contributed by atoms with Crippen LogP contribution < -0.4 is 20.4 Å². The molecule has 2 aromatic carbocycles. The van der Waals surface area contributed by atoms with E-state index in [4.69, 9.17) is 0 Å². The largest absolute Gasteiger partial charge is 0.378 e. The zero-order valence-corrected chi connectivity index (χ0v) is 20.9. The van der Waals surface area contributed by atoms with Gasteiger partial charge >= 0.3 is 11.8 Å². The molecule has 8 heteroatoms. The van der Waals surface area contributed by atoms with Gasteiger partial charge in [0, 0.05) is 64.4 Å². The number of para-hydroxylation sites is 1. The Kier molecular flexibility index (Phi) is 8.52. The van der Waals surface area contributed by atoms with E-state index < -0.39 is 11.8 Å². The highest BCUT2D eigenvalue weighted by Gasteiger charge is 2.26. The molecule has 2 N–H and O–H groups in total. The first-order chi connectivity index (χ1) is 17.5. The fourth-order valence-corrected chi connectivity index (χ4v) is 4.41. The molecule has 1 saturated heterocycles. The lowest BCUT2D eigenvalue weighted by molar-refractivity contribution is -0.139. The molecule has 0 bridgehead atoms. The molecule has 0 radical (unpaired) electrons. The summed E-state index contributed by atoms with van der Waals surface area (Å²) in [6.07, 6.45) is 1.66. The molecule has 188 valence electrons. The smallest absolute Gasteiger partial charge is 0.309 e. The Balaban J connectivity index is 1.40. The molecule has 8 nitrogen and oxygen atoms in total. The maximum atomic E-state index is 12.6. The SMILES string of the molecule is CN(C)c1ccc(C(CNC(=O)C(=O)NCc2ccccn2)N2CCN(c3ccccc3)CC2)cc1. The number of piperazine rings is 1.